The number of benzene rings is 1. The lowest BCUT2D eigenvalue weighted by Gasteiger charge is -2.20. The van der Waals surface area contributed by atoms with Gasteiger partial charge in [0.05, 0.1) is 17.1 Å². The number of nitrogens with one attached hydrogen (secondary N) is 1. The molecular weight excluding hydrogens is 297 g/mol. The van der Waals surface area contributed by atoms with Crippen LogP contribution >= 0.6 is 11.3 Å². The molecule has 1 N–H and O–H groups in total. The second kappa shape index (κ2) is 7.04. The van der Waals surface area contributed by atoms with Gasteiger partial charge in [0.15, 0.2) is 0 Å². The molecule has 0 spiro atoms. The van der Waals surface area contributed by atoms with Gasteiger partial charge in [-0.05, 0) is 12.5 Å². The average molecular weight is 314 g/mol. The van der Waals surface area contributed by atoms with Gasteiger partial charge in [-0.3, -0.25) is 0 Å². The SMILES string of the molecule is Cc1nc(CCNC(CC(F)(F)F)c2ccccc2)cs1. The number of nitrogens with zero attached hydrogens (tertiary/aromatic N) is 1. The molecule has 0 saturated carbocycles. The first kappa shape index (κ1) is 16.0. The first-order chi connectivity index (χ1) is 9.94. The highest BCUT2D eigenvalue weighted by molar-refractivity contribution is 7.09. The van der Waals surface area contributed by atoms with Crippen molar-refractivity contribution >= 4 is 11.3 Å². The zero-order valence-electron chi connectivity index (χ0n) is 11.7. The summed E-state index contributed by atoms with van der Waals surface area (Å²) in [5.74, 6) is 0. The number of hydrogen-bond donors (Lipinski definition) is 1. The molecule has 1 heterocycles. The molecule has 1 unspecified atom stereocenters. The van der Waals surface area contributed by atoms with Crippen molar-refractivity contribution in [1.29, 1.82) is 0 Å². The maximum absolute atomic E-state index is 12.7. The molecule has 0 aliphatic rings. The van der Waals surface area contributed by atoms with E-state index in [2.05, 4.69) is 10.3 Å². The fourth-order valence-electron chi connectivity index (χ4n) is 2.12. The molecule has 21 heavy (non-hydrogen) atoms. The largest absolute Gasteiger partial charge is 0.390 e. The summed E-state index contributed by atoms with van der Waals surface area (Å²) in [4.78, 5) is 4.31. The van der Waals surface area contributed by atoms with Crippen LogP contribution in [0, 0.1) is 6.92 Å². The minimum Gasteiger partial charge on any atom is -0.309 e. The summed E-state index contributed by atoms with van der Waals surface area (Å²) in [6.07, 6.45) is -4.43. The van der Waals surface area contributed by atoms with Crippen LogP contribution in [0.1, 0.15) is 28.7 Å². The van der Waals surface area contributed by atoms with Crippen molar-refractivity contribution in [3.63, 3.8) is 0 Å². The highest BCUT2D eigenvalue weighted by Gasteiger charge is 2.32. The molecule has 0 radical (unpaired) electrons. The fraction of sp³-hybridized carbons (Fsp3) is 0.400. The third-order valence-electron chi connectivity index (χ3n) is 3.08. The van der Waals surface area contributed by atoms with Crippen molar-refractivity contribution in [1.82, 2.24) is 10.3 Å². The van der Waals surface area contributed by atoms with Crippen LogP contribution in [0.2, 0.25) is 0 Å². The van der Waals surface area contributed by atoms with Gasteiger partial charge in [0, 0.05) is 24.4 Å². The highest BCUT2D eigenvalue weighted by Crippen LogP contribution is 2.29. The molecule has 1 aromatic carbocycles. The Morgan fingerprint density at radius 2 is 1.95 bits per heavy atom. The summed E-state index contributed by atoms with van der Waals surface area (Å²) >= 11 is 1.55. The van der Waals surface area contributed by atoms with E-state index in [1.807, 2.05) is 12.3 Å². The van der Waals surface area contributed by atoms with E-state index in [1.54, 1.807) is 41.7 Å². The molecule has 0 saturated heterocycles. The third kappa shape index (κ3) is 5.47. The van der Waals surface area contributed by atoms with Crippen molar-refractivity contribution in [3.8, 4) is 0 Å². The first-order valence-corrected chi connectivity index (χ1v) is 7.58. The van der Waals surface area contributed by atoms with Crippen LogP contribution < -0.4 is 5.32 Å². The van der Waals surface area contributed by atoms with E-state index in [9.17, 15) is 13.2 Å². The van der Waals surface area contributed by atoms with Gasteiger partial charge in [-0.15, -0.1) is 11.3 Å². The Morgan fingerprint density at radius 1 is 1.24 bits per heavy atom. The van der Waals surface area contributed by atoms with E-state index in [1.165, 1.54) is 0 Å². The number of hydrogen-bond acceptors (Lipinski definition) is 3. The minimum atomic E-state index is -4.19. The van der Waals surface area contributed by atoms with Crippen LogP contribution in [0.15, 0.2) is 35.7 Å². The van der Waals surface area contributed by atoms with Gasteiger partial charge in [-0.25, -0.2) is 4.98 Å². The summed E-state index contributed by atoms with van der Waals surface area (Å²) in [5.41, 5.74) is 1.58. The number of aryl methyl sites for hydroxylation is 1. The summed E-state index contributed by atoms with van der Waals surface area (Å²) in [6.45, 7) is 2.39. The smallest absolute Gasteiger partial charge is 0.309 e. The Kier molecular flexibility index (Phi) is 5.36. The van der Waals surface area contributed by atoms with Crippen LogP contribution in [-0.2, 0) is 6.42 Å². The predicted octanol–water partition coefficient (Wildman–Crippen LogP) is 4.28. The van der Waals surface area contributed by atoms with Crippen molar-refractivity contribution in [2.24, 2.45) is 0 Å². The van der Waals surface area contributed by atoms with Crippen LogP contribution in [0.4, 0.5) is 13.2 Å². The lowest BCUT2D eigenvalue weighted by atomic mass is 10.0. The second-order valence-electron chi connectivity index (χ2n) is 4.84. The topological polar surface area (TPSA) is 24.9 Å². The van der Waals surface area contributed by atoms with Crippen LogP contribution in [0.3, 0.4) is 0 Å². The molecule has 2 nitrogen and oxygen atoms in total. The highest BCUT2D eigenvalue weighted by atomic mass is 32.1. The molecule has 0 amide bonds. The molecule has 2 aromatic rings. The molecule has 0 aliphatic carbocycles. The van der Waals surface area contributed by atoms with Crippen LogP contribution in [0.5, 0.6) is 0 Å². The Morgan fingerprint density at radius 3 is 2.52 bits per heavy atom. The molecule has 1 atom stereocenters. The van der Waals surface area contributed by atoms with Crippen LogP contribution in [0.25, 0.3) is 0 Å². The quantitative estimate of drug-likeness (QED) is 0.861. The summed E-state index contributed by atoms with van der Waals surface area (Å²) in [6, 6.07) is 8.03. The Hall–Kier alpha value is -1.40. The van der Waals surface area contributed by atoms with Crippen molar-refractivity contribution in [2.45, 2.75) is 32.0 Å². The van der Waals surface area contributed by atoms with Crippen molar-refractivity contribution < 1.29 is 13.2 Å². The minimum absolute atomic E-state index is 0.471. The standard InChI is InChI=1S/C15H17F3N2S/c1-11-20-13(10-21-11)7-8-19-14(9-15(16,17)18)12-5-3-2-4-6-12/h2-6,10,14,19H,7-9H2,1H3. The van der Waals surface area contributed by atoms with Gasteiger partial charge in [0.25, 0.3) is 0 Å². The lowest BCUT2D eigenvalue weighted by molar-refractivity contribution is -0.140. The Labute approximate surface area is 126 Å². The molecule has 0 bridgehead atoms. The zero-order valence-corrected chi connectivity index (χ0v) is 12.5. The first-order valence-electron chi connectivity index (χ1n) is 6.70. The molecule has 114 valence electrons. The van der Waals surface area contributed by atoms with Gasteiger partial charge >= 0.3 is 6.18 Å². The summed E-state index contributed by atoms with van der Waals surface area (Å²) < 4.78 is 38.1. The van der Waals surface area contributed by atoms with Crippen molar-refractivity contribution in [3.05, 3.63) is 52.0 Å². The van der Waals surface area contributed by atoms with E-state index in [0.717, 1.165) is 10.7 Å². The number of thiazole rings is 1. The summed E-state index contributed by atoms with van der Waals surface area (Å²) in [7, 11) is 0. The van der Waals surface area contributed by atoms with Gasteiger partial charge in [-0.1, -0.05) is 30.3 Å². The van der Waals surface area contributed by atoms with E-state index >= 15 is 0 Å². The monoisotopic (exact) mass is 314 g/mol. The maximum Gasteiger partial charge on any atom is 0.390 e. The number of alkyl halides is 3. The predicted molar refractivity (Wildman–Crippen MR) is 78.4 cm³/mol. The normalized spacial score (nSPS) is 13.3. The third-order valence-corrected chi connectivity index (χ3v) is 3.90. The van der Waals surface area contributed by atoms with Crippen LogP contribution in [-0.4, -0.2) is 17.7 Å². The second-order valence-corrected chi connectivity index (χ2v) is 5.91. The molecule has 0 fully saturated rings. The lowest BCUT2D eigenvalue weighted by Crippen LogP contribution is -2.28. The zero-order chi connectivity index (χ0) is 15.3. The molecule has 6 heteroatoms. The van der Waals surface area contributed by atoms with E-state index in [-0.39, 0.29) is 0 Å². The number of aromatic nitrogens is 1. The van der Waals surface area contributed by atoms with Gasteiger partial charge in [0.2, 0.25) is 0 Å². The Bertz CT molecular complexity index is 552. The summed E-state index contributed by atoms with van der Waals surface area (Å²) in [5, 5.41) is 5.91. The maximum atomic E-state index is 12.7. The van der Waals surface area contributed by atoms with Crippen molar-refractivity contribution in [2.75, 3.05) is 6.54 Å². The van der Waals surface area contributed by atoms with Gasteiger partial charge < -0.3 is 5.32 Å². The van der Waals surface area contributed by atoms with E-state index in [4.69, 9.17) is 0 Å². The van der Waals surface area contributed by atoms with E-state index in [0.29, 0.717) is 18.5 Å². The molecular formula is C15H17F3N2S. The van der Waals surface area contributed by atoms with E-state index < -0.39 is 18.6 Å². The Balaban J connectivity index is 1.96. The van der Waals surface area contributed by atoms with Gasteiger partial charge in [0.1, 0.15) is 0 Å². The fourth-order valence-corrected chi connectivity index (χ4v) is 2.77. The average Bonchev–Trinajstić information content (AvgIpc) is 2.83. The number of rotatable bonds is 6. The number of halogens is 3. The molecule has 1 aromatic heterocycles. The van der Waals surface area contributed by atoms with Gasteiger partial charge in [-0.2, -0.15) is 13.2 Å². The molecule has 0 aliphatic heterocycles. The molecule has 2 rings (SSSR count).